The number of nitrogens with one attached hydrogen (secondary N) is 1. The number of ether oxygens (including phenoxy) is 1. The lowest BCUT2D eigenvalue weighted by Crippen LogP contribution is -2.31. The van der Waals surface area contributed by atoms with Crippen molar-refractivity contribution < 1.29 is 13.9 Å². The van der Waals surface area contributed by atoms with Gasteiger partial charge >= 0.3 is 0 Å². The molecule has 0 aliphatic heterocycles. The van der Waals surface area contributed by atoms with Crippen LogP contribution in [0.5, 0.6) is 5.75 Å². The summed E-state index contributed by atoms with van der Waals surface area (Å²) in [5.74, 6) is 0.350. The minimum absolute atomic E-state index is 0.179. The average Bonchev–Trinajstić information content (AvgIpc) is 2.53. The van der Waals surface area contributed by atoms with Crippen molar-refractivity contribution in [1.29, 1.82) is 0 Å². The molecular weight excluding hydrogens is 281 g/mol. The summed E-state index contributed by atoms with van der Waals surface area (Å²) in [5, 5.41) is 3.00. The largest absolute Gasteiger partial charge is 0.497 e. The van der Waals surface area contributed by atoms with Crippen LogP contribution >= 0.6 is 0 Å². The summed E-state index contributed by atoms with van der Waals surface area (Å²) in [4.78, 5) is 12.4. The van der Waals surface area contributed by atoms with E-state index >= 15 is 0 Å². The van der Waals surface area contributed by atoms with E-state index < -0.39 is 0 Å². The first-order valence-electron chi connectivity index (χ1n) is 7.21. The highest BCUT2D eigenvalue weighted by molar-refractivity contribution is 5.94. The normalized spacial score (nSPS) is 12.0. The number of benzene rings is 2. The van der Waals surface area contributed by atoms with Crippen molar-refractivity contribution in [1.82, 2.24) is 5.32 Å². The minimum Gasteiger partial charge on any atom is -0.497 e. The van der Waals surface area contributed by atoms with Gasteiger partial charge in [-0.2, -0.15) is 0 Å². The fourth-order valence-corrected chi connectivity index (χ4v) is 2.29. The van der Waals surface area contributed by atoms with Crippen LogP contribution in [0.3, 0.4) is 0 Å². The fraction of sp³-hybridized carbons (Fsp3) is 0.278. The molecule has 2 aromatic rings. The Morgan fingerprint density at radius 1 is 1.14 bits per heavy atom. The van der Waals surface area contributed by atoms with Gasteiger partial charge < -0.3 is 10.1 Å². The topological polar surface area (TPSA) is 38.3 Å². The molecule has 1 atom stereocenters. The zero-order valence-corrected chi connectivity index (χ0v) is 13.0. The molecule has 1 N–H and O–H groups in total. The zero-order chi connectivity index (χ0) is 16.1. The van der Waals surface area contributed by atoms with E-state index in [1.165, 1.54) is 12.1 Å². The van der Waals surface area contributed by atoms with Gasteiger partial charge in [-0.3, -0.25) is 4.79 Å². The van der Waals surface area contributed by atoms with Gasteiger partial charge in [-0.1, -0.05) is 32.0 Å². The van der Waals surface area contributed by atoms with Crippen LogP contribution in [0.25, 0.3) is 0 Å². The zero-order valence-electron chi connectivity index (χ0n) is 13.0. The Kier molecular flexibility index (Phi) is 5.15. The number of methoxy groups -OCH3 is 1. The molecule has 2 rings (SSSR count). The highest BCUT2D eigenvalue weighted by Crippen LogP contribution is 2.23. The van der Waals surface area contributed by atoms with E-state index in [0.29, 0.717) is 11.3 Å². The molecule has 22 heavy (non-hydrogen) atoms. The Hall–Kier alpha value is -2.36. The van der Waals surface area contributed by atoms with Crippen molar-refractivity contribution in [2.45, 2.75) is 19.9 Å². The minimum atomic E-state index is -0.287. The van der Waals surface area contributed by atoms with Crippen LogP contribution in [0, 0.1) is 11.7 Å². The summed E-state index contributed by atoms with van der Waals surface area (Å²) in [6.45, 7) is 4.03. The van der Waals surface area contributed by atoms with Gasteiger partial charge in [-0.05, 0) is 41.8 Å². The first-order valence-corrected chi connectivity index (χ1v) is 7.21. The molecule has 0 heterocycles. The lowest BCUT2D eigenvalue weighted by molar-refractivity contribution is 0.0925. The molecule has 4 heteroatoms. The molecule has 2 aromatic carbocycles. The van der Waals surface area contributed by atoms with Crippen molar-refractivity contribution in [2.24, 2.45) is 5.92 Å². The van der Waals surface area contributed by atoms with Crippen LogP contribution in [-0.2, 0) is 0 Å². The van der Waals surface area contributed by atoms with Crippen LogP contribution in [0.2, 0.25) is 0 Å². The summed E-state index contributed by atoms with van der Waals surface area (Å²) in [5.41, 5.74) is 1.42. The number of carbonyl (C=O) groups is 1. The maximum absolute atomic E-state index is 13.1. The number of hydrogen-bond acceptors (Lipinski definition) is 2. The summed E-state index contributed by atoms with van der Waals surface area (Å²) in [6, 6.07) is 13.0. The highest BCUT2D eigenvalue weighted by atomic mass is 19.1. The molecule has 0 bridgehead atoms. The van der Waals surface area contributed by atoms with Crippen molar-refractivity contribution in [3.63, 3.8) is 0 Å². The standard InChI is InChI=1S/C18H20FNO2/c1-12(2)17(13-7-9-15(19)10-8-13)20-18(21)14-5-4-6-16(11-14)22-3/h4-12,17H,1-3H3,(H,20,21). The van der Waals surface area contributed by atoms with Crippen molar-refractivity contribution >= 4 is 5.91 Å². The van der Waals surface area contributed by atoms with Crippen molar-refractivity contribution in [2.75, 3.05) is 7.11 Å². The third-order valence-corrected chi connectivity index (χ3v) is 3.51. The quantitative estimate of drug-likeness (QED) is 0.907. The van der Waals surface area contributed by atoms with Crippen molar-refractivity contribution in [3.8, 4) is 5.75 Å². The van der Waals surface area contributed by atoms with Gasteiger partial charge in [0.25, 0.3) is 5.91 Å². The predicted octanol–water partition coefficient (Wildman–Crippen LogP) is 3.96. The molecule has 0 aliphatic carbocycles. The molecule has 0 spiro atoms. The van der Waals surface area contributed by atoms with E-state index in [1.807, 2.05) is 13.8 Å². The van der Waals surface area contributed by atoms with Gasteiger partial charge in [0.15, 0.2) is 0 Å². The van der Waals surface area contributed by atoms with Crippen LogP contribution in [0.15, 0.2) is 48.5 Å². The molecular formula is C18H20FNO2. The summed E-state index contributed by atoms with van der Waals surface area (Å²) >= 11 is 0. The predicted molar refractivity (Wildman–Crippen MR) is 84.4 cm³/mol. The molecule has 0 aliphatic rings. The van der Waals surface area contributed by atoms with Crippen LogP contribution in [0.1, 0.15) is 35.8 Å². The maximum Gasteiger partial charge on any atom is 0.251 e. The molecule has 0 saturated heterocycles. The summed E-state index contributed by atoms with van der Waals surface area (Å²) in [6.07, 6.45) is 0. The number of rotatable bonds is 5. The fourth-order valence-electron chi connectivity index (χ4n) is 2.29. The maximum atomic E-state index is 13.1. The summed E-state index contributed by atoms with van der Waals surface area (Å²) < 4.78 is 18.2. The third-order valence-electron chi connectivity index (χ3n) is 3.51. The molecule has 0 radical (unpaired) electrons. The Labute approximate surface area is 130 Å². The molecule has 0 aromatic heterocycles. The Morgan fingerprint density at radius 2 is 1.82 bits per heavy atom. The highest BCUT2D eigenvalue weighted by Gasteiger charge is 2.19. The SMILES string of the molecule is COc1cccc(C(=O)NC(c2ccc(F)cc2)C(C)C)c1. The van der Waals surface area contributed by atoms with Crippen LogP contribution in [-0.4, -0.2) is 13.0 Å². The van der Waals surface area contributed by atoms with E-state index in [-0.39, 0.29) is 23.7 Å². The van der Waals surface area contributed by atoms with E-state index in [1.54, 1.807) is 43.5 Å². The molecule has 1 unspecified atom stereocenters. The molecule has 1 amide bonds. The lowest BCUT2D eigenvalue weighted by Gasteiger charge is -2.23. The van der Waals surface area contributed by atoms with E-state index in [9.17, 15) is 9.18 Å². The van der Waals surface area contributed by atoms with Crippen molar-refractivity contribution in [3.05, 3.63) is 65.5 Å². The molecule has 0 fully saturated rings. The first kappa shape index (κ1) is 16.0. The third kappa shape index (κ3) is 3.85. The average molecular weight is 301 g/mol. The van der Waals surface area contributed by atoms with Gasteiger partial charge in [0.05, 0.1) is 13.2 Å². The van der Waals surface area contributed by atoms with Gasteiger partial charge in [-0.25, -0.2) is 4.39 Å². The van der Waals surface area contributed by atoms with E-state index in [4.69, 9.17) is 4.74 Å². The molecule has 0 saturated carbocycles. The van der Waals surface area contributed by atoms with E-state index in [2.05, 4.69) is 5.32 Å². The second-order valence-electron chi connectivity index (χ2n) is 5.48. The molecule has 116 valence electrons. The monoisotopic (exact) mass is 301 g/mol. The Bertz CT molecular complexity index is 638. The second kappa shape index (κ2) is 7.07. The Balaban J connectivity index is 2.20. The van der Waals surface area contributed by atoms with Gasteiger partial charge in [0.2, 0.25) is 0 Å². The lowest BCUT2D eigenvalue weighted by atomic mass is 9.95. The summed E-state index contributed by atoms with van der Waals surface area (Å²) in [7, 11) is 1.56. The van der Waals surface area contributed by atoms with Crippen LogP contribution in [0.4, 0.5) is 4.39 Å². The number of halogens is 1. The van der Waals surface area contributed by atoms with Gasteiger partial charge in [0, 0.05) is 5.56 Å². The second-order valence-corrected chi connectivity index (χ2v) is 5.48. The van der Waals surface area contributed by atoms with E-state index in [0.717, 1.165) is 5.56 Å². The van der Waals surface area contributed by atoms with Gasteiger partial charge in [0.1, 0.15) is 11.6 Å². The number of carbonyl (C=O) groups excluding carboxylic acids is 1. The first-order chi connectivity index (χ1) is 10.5. The smallest absolute Gasteiger partial charge is 0.251 e. The van der Waals surface area contributed by atoms with Crippen LogP contribution < -0.4 is 10.1 Å². The number of hydrogen-bond donors (Lipinski definition) is 1. The van der Waals surface area contributed by atoms with Gasteiger partial charge in [-0.15, -0.1) is 0 Å². The Morgan fingerprint density at radius 3 is 2.41 bits per heavy atom. The number of amides is 1. The molecule has 3 nitrogen and oxygen atoms in total.